The van der Waals surface area contributed by atoms with Crippen LogP contribution in [-0.2, 0) is 14.3 Å². The van der Waals surface area contributed by atoms with E-state index in [2.05, 4.69) is 24.0 Å². The van der Waals surface area contributed by atoms with E-state index >= 15 is 0 Å². The summed E-state index contributed by atoms with van der Waals surface area (Å²) < 4.78 is 7.62. The van der Waals surface area contributed by atoms with Gasteiger partial charge < -0.3 is 4.74 Å². The lowest BCUT2D eigenvalue weighted by atomic mass is 9.98. The van der Waals surface area contributed by atoms with Gasteiger partial charge in [-0.3, -0.25) is 19.1 Å². The summed E-state index contributed by atoms with van der Waals surface area (Å²) in [5.41, 5.74) is 4.23. The van der Waals surface area contributed by atoms with Gasteiger partial charge in [0.15, 0.2) is 5.82 Å². The molecule has 0 radical (unpaired) electrons. The number of carbonyl (C=O) groups excluding carboxylic acids is 2. The topological polar surface area (TPSA) is 86.4 Å². The van der Waals surface area contributed by atoms with Crippen molar-refractivity contribution in [2.24, 2.45) is 4.99 Å². The fraction of sp³-hybridized carbons (Fsp3) is 0.346. The van der Waals surface area contributed by atoms with Crippen LogP contribution in [0.3, 0.4) is 0 Å². The Morgan fingerprint density at radius 3 is 2.50 bits per heavy atom. The van der Waals surface area contributed by atoms with Crippen molar-refractivity contribution in [3.63, 3.8) is 0 Å². The highest BCUT2D eigenvalue weighted by molar-refractivity contribution is 7.15. The van der Waals surface area contributed by atoms with Crippen LogP contribution in [0.5, 0.6) is 0 Å². The van der Waals surface area contributed by atoms with Gasteiger partial charge in [0, 0.05) is 16.0 Å². The molecule has 34 heavy (non-hydrogen) atoms. The van der Waals surface area contributed by atoms with E-state index in [1.165, 1.54) is 11.0 Å². The minimum atomic E-state index is -0.588. The Labute approximate surface area is 203 Å². The molecule has 1 unspecified atom stereocenters. The van der Waals surface area contributed by atoms with Crippen molar-refractivity contribution < 1.29 is 14.3 Å². The average molecular weight is 477 g/mol. The lowest BCUT2D eigenvalue weighted by molar-refractivity contribution is -0.155. The minimum Gasteiger partial charge on any atom is -0.460 e. The standard InChI is InChI=1S/C26H28N4O3S/c1-15-16(2)34-25-22(15)23(19-11-9-18(10-12-19)8-7-13-31)27-20(14-21(32)33-26(4,5)6)24-29-28-17(3)30(24)25/h7-13,20H,14H2,1-6H3. The summed E-state index contributed by atoms with van der Waals surface area (Å²) in [4.78, 5) is 29.8. The number of fused-ring (bicyclic) bond motifs is 3. The van der Waals surface area contributed by atoms with Crippen molar-refractivity contribution in [3.05, 3.63) is 69.1 Å². The van der Waals surface area contributed by atoms with Gasteiger partial charge in [0.1, 0.15) is 28.8 Å². The maximum Gasteiger partial charge on any atom is 0.308 e. The van der Waals surface area contributed by atoms with E-state index in [4.69, 9.17) is 9.73 Å². The number of hydrogen-bond acceptors (Lipinski definition) is 7. The monoisotopic (exact) mass is 476 g/mol. The van der Waals surface area contributed by atoms with Crippen molar-refractivity contribution in [1.29, 1.82) is 0 Å². The number of aryl methyl sites for hydroxylation is 2. The highest BCUT2D eigenvalue weighted by atomic mass is 32.1. The Morgan fingerprint density at radius 2 is 1.85 bits per heavy atom. The molecule has 0 aliphatic carbocycles. The van der Waals surface area contributed by atoms with E-state index < -0.39 is 11.6 Å². The summed E-state index contributed by atoms with van der Waals surface area (Å²) in [6.07, 6.45) is 4.04. The molecule has 0 saturated carbocycles. The molecule has 4 rings (SSSR count). The predicted octanol–water partition coefficient (Wildman–Crippen LogP) is 5.09. The highest BCUT2D eigenvalue weighted by Gasteiger charge is 2.33. The number of ether oxygens (including phenoxy) is 1. The second-order valence-corrected chi connectivity index (χ2v) is 10.5. The van der Waals surface area contributed by atoms with Crippen molar-refractivity contribution in [3.8, 4) is 5.00 Å². The molecule has 1 aliphatic rings. The van der Waals surface area contributed by atoms with Crippen molar-refractivity contribution in [1.82, 2.24) is 14.8 Å². The molecule has 0 bridgehead atoms. The first kappa shape index (κ1) is 23.8. The number of aldehydes is 1. The number of rotatable bonds is 5. The molecule has 8 heteroatoms. The third-order valence-corrected chi connectivity index (χ3v) is 6.76. The fourth-order valence-corrected chi connectivity index (χ4v) is 5.18. The lowest BCUT2D eigenvalue weighted by Gasteiger charge is -2.21. The Hall–Kier alpha value is -3.39. The zero-order valence-electron chi connectivity index (χ0n) is 20.2. The predicted molar refractivity (Wildman–Crippen MR) is 134 cm³/mol. The molecule has 1 aliphatic heterocycles. The number of carbonyl (C=O) groups is 2. The third kappa shape index (κ3) is 4.63. The second-order valence-electron chi connectivity index (χ2n) is 9.31. The smallest absolute Gasteiger partial charge is 0.308 e. The first-order valence-electron chi connectivity index (χ1n) is 11.1. The summed E-state index contributed by atoms with van der Waals surface area (Å²) in [6, 6.07) is 7.34. The van der Waals surface area contributed by atoms with E-state index in [-0.39, 0.29) is 12.4 Å². The van der Waals surface area contributed by atoms with Crippen LogP contribution in [0.25, 0.3) is 11.1 Å². The van der Waals surface area contributed by atoms with Crippen LogP contribution < -0.4 is 0 Å². The zero-order chi connectivity index (χ0) is 24.6. The fourth-order valence-electron chi connectivity index (χ4n) is 3.97. The number of hydrogen-bond donors (Lipinski definition) is 0. The van der Waals surface area contributed by atoms with Crippen molar-refractivity contribution in [2.75, 3.05) is 0 Å². The van der Waals surface area contributed by atoms with Gasteiger partial charge in [-0.1, -0.05) is 30.3 Å². The molecule has 1 atom stereocenters. The Kier molecular flexibility index (Phi) is 6.36. The van der Waals surface area contributed by atoms with E-state index in [0.717, 1.165) is 45.1 Å². The third-order valence-electron chi connectivity index (χ3n) is 5.57. The molecular formula is C26H28N4O3S. The minimum absolute atomic E-state index is 0.0615. The summed E-state index contributed by atoms with van der Waals surface area (Å²) in [7, 11) is 0. The van der Waals surface area contributed by atoms with Gasteiger partial charge in [0.05, 0.1) is 12.1 Å². The Morgan fingerprint density at radius 1 is 1.15 bits per heavy atom. The number of benzene rings is 1. The molecule has 3 heterocycles. The van der Waals surface area contributed by atoms with Crippen LogP contribution >= 0.6 is 11.3 Å². The van der Waals surface area contributed by atoms with Gasteiger partial charge in [-0.2, -0.15) is 0 Å². The van der Waals surface area contributed by atoms with Gasteiger partial charge in [0.2, 0.25) is 0 Å². The second kappa shape index (κ2) is 9.10. The van der Waals surface area contributed by atoms with Crippen LogP contribution in [0.4, 0.5) is 0 Å². The Balaban J connectivity index is 1.87. The molecule has 1 aromatic carbocycles. The maximum absolute atomic E-state index is 12.8. The van der Waals surface area contributed by atoms with Crippen LogP contribution in [-0.4, -0.2) is 38.3 Å². The number of thiophene rings is 1. The van der Waals surface area contributed by atoms with Crippen LogP contribution in [0.15, 0.2) is 35.3 Å². The summed E-state index contributed by atoms with van der Waals surface area (Å²) in [5, 5.41) is 9.74. The van der Waals surface area contributed by atoms with Crippen molar-refractivity contribution in [2.45, 2.75) is 59.6 Å². The number of allylic oxidation sites excluding steroid dienone is 1. The number of esters is 1. The van der Waals surface area contributed by atoms with Gasteiger partial charge in [-0.15, -0.1) is 21.5 Å². The molecule has 0 amide bonds. The molecule has 0 spiro atoms. The number of aliphatic imine (C=N–C) groups is 1. The van der Waals surface area contributed by atoms with Crippen LogP contribution in [0.2, 0.25) is 0 Å². The molecule has 2 aromatic heterocycles. The van der Waals surface area contributed by atoms with Gasteiger partial charge in [-0.25, -0.2) is 0 Å². The average Bonchev–Trinajstić information content (AvgIpc) is 3.24. The summed E-state index contributed by atoms with van der Waals surface area (Å²) in [6.45, 7) is 11.7. The first-order valence-corrected chi connectivity index (χ1v) is 11.9. The van der Waals surface area contributed by atoms with E-state index in [1.807, 2.05) is 56.5 Å². The van der Waals surface area contributed by atoms with E-state index in [0.29, 0.717) is 5.82 Å². The molecule has 0 saturated heterocycles. The number of nitrogens with zero attached hydrogens (tertiary/aromatic N) is 4. The quantitative estimate of drug-likeness (QED) is 0.291. The van der Waals surface area contributed by atoms with Gasteiger partial charge in [-0.05, 0) is 58.7 Å². The Bertz CT molecular complexity index is 1310. The molecule has 0 N–H and O–H groups in total. The van der Waals surface area contributed by atoms with Gasteiger partial charge in [0.25, 0.3) is 0 Å². The van der Waals surface area contributed by atoms with Crippen molar-refractivity contribution >= 4 is 35.4 Å². The lowest BCUT2D eigenvalue weighted by Crippen LogP contribution is -2.25. The highest BCUT2D eigenvalue weighted by Crippen LogP contribution is 2.39. The van der Waals surface area contributed by atoms with Crippen LogP contribution in [0, 0.1) is 20.8 Å². The van der Waals surface area contributed by atoms with Crippen LogP contribution in [0.1, 0.15) is 72.0 Å². The largest absolute Gasteiger partial charge is 0.460 e. The molecule has 176 valence electrons. The number of aromatic nitrogens is 3. The SMILES string of the molecule is Cc1sc2c(c1C)C(c1ccc(C=CC=O)cc1)=NC(CC(=O)OC(C)(C)C)c1nnc(C)n1-2. The molecule has 7 nitrogen and oxygen atoms in total. The van der Waals surface area contributed by atoms with E-state index in [9.17, 15) is 9.59 Å². The van der Waals surface area contributed by atoms with Gasteiger partial charge >= 0.3 is 5.97 Å². The normalized spacial score (nSPS) is 15.5. The zero-order valence-corrected chi connectivity index (χ0v) is 21.1. The van der Waals surface area contributed by atoms with E-state index in [1.54, 1.807) is 17.4 Å². The first-order chi connectivity index (χ1) is 16.1. The molecular weight excluding hydrogens is 448 g/mol. The maximum atomic E-state index is 12.8. The summed E-state index contributed by atoms with van der Waals surface area (Å²) in [5.74, 6) is 1.05. The molecule has 0 fully saturated rings. The molecule has 3 aromatic rings. The summed E-state index contributed by atoms with van der Waals surface area (Å²) >= 11 is 1.67.